The molecule has 0 radical (unpaired) electrons. The van der Waals surface area contributed by atoms with Crippen molar-refractivity contribution < 1.29 is 27.8 Å². The molecule has 2 aromatic carbocycles. The second kappa shape index (κ2) is 10.5. The lowest BCUT2D eigenvalue weighted by atomic mass is 10.0. The van der Waals surface area contributed by atoms with E-state index in [0.29, 0.717) is 39.2 Å². The quantitative estimate of drug-likeness (QED) is 0.320. The second-order valence-corrected chi connectivity index (χ2v) is 10.2. The molecular formula is C28H27ClF2N4O4. The Labute approximate surface area is 228 Å². The molecule has 2 aromatic heterocycles. The molecule has 8 nitrogen and oxygen atoms in total. The Morgan fingerprint density at radius 1 is 1.28 bits per heavy atom. The molecule has 5 rings (SSSR count). The number of fused-ring (bicyclic) bond motifs is 1. The van der Waals surface area contributed by atoms with E-state index in [1.54, 1.807) is 39.0 Å². The molecular weight excluding hydrogens is 530 g/mol. The highest BCUT2D eigenvalue weighted by Crippen LogP contribution is 2.33. The number of rotatable bonds is 7. The van der Waals surface area contributed by atoms with Gasteiger partial charge in [-0.25, -0.2) is 18.4 Å². The fourth-order valence-corrected chi connectivity index (χ4v) is 4.85. The van der Waals surface area contributed by atoms with Crippen LogP contribution in [0.15, 0.2) is 48.8 Å². The summed E-state index contributed by atoms with van der Waals surface area (Å²) in [5, 5.41) is 7.80. The molecule has 0 aliphatic carbocycles. The molecule has 1 aliphatic heterocycles. The smallest absolute Gasteiger partial charge is 0.252 e. The van der Waals surface area contributed by atoms with Gasteiger partial charge in [0.05, 0.1) is 35.8 Å². The van der Waals surface area contributed by atoms with E-state index < -0.39 is 29.6 Å². The lowest BCUT2D eigenvalue weighted by Crippen LogP contribution is -2.38. The Balaban J connectivity index is 1.42. The molecule has 0 spiro atoms. The minimum absolute atomic E-state index is 0.0226. The Kier molecular flexibility index (Phi) is 7.28. The van der Waals surface area contributed by atoms with E-state index in [1.165, 1.54) is 23.0 Å². The van der Waals surface area contributed by atoms with Crippen molar-refractivity contribution in [1.82, 2.24) is 20.1 Å². The number of amides is 1. The Morgan fingerprint density at radius 2 is 2.08 bits per heavy atom. The molecule has 2 atom stereocenters. The lowest BCUT2D eigenvalue weighted by molar-refractivity contribution is -0.153. The van der Waals surface area contributed by atoms with Gasteiger partial charge in [0, 0.05) is 16.6 Å². The molecule has 39 heavy (non-hydrogen) atoms. The van der Waals surface area contributed by atoms with Crippen molar-refractivity contribution >= 4 is 28.4 Å². The molecule has 11 heteroatoms. The number of carbonyl (C=O) groups excluding carboxylic acids is 1. The van der Waals surface area contributed by atoms with Crippen LogP contribution in [-0.4, -0.2) is 39.2 Å². The van der Waals surface area contributed by atoms with Crippen molar-refractivity contribution in [2.24, 2.45) is 0 Å². The summed E-state index contributed by atoms with van der Waals surface area (Å²) in [4.78, 5) is 17.4. The van der Waals surface area contributed by atoms with Gasteiger partial charge < -0.3 is 19.5 Å². The molecule has 1 aliphatic rings. The van der Waals surface area contributed by atoms with E-state index in [-0.39, 0.29) is 24.1 Å². The first-order valence-electron chi connectivity index (χ1n) is 12.3. The SMILES string of the molecule is Cc1cc(-n2cc(F)cn2)c2cccc(OCc3c(Cl)cc(F)cc3C(C)NC(=O)[C@@H]3COC(C)(C)O3)c2n1. The van der Waals surface area contributed by atoms with Crippen molar-refractivity contribution in [3.05, 3.63) is 82.3 Å². The van der Waals surface area contributed by atoms with Crippen LogP contribution >= 0.6 is 11.6 Å². The topological polar surface area (TPSA) is 87.5 Å². The third kappa shape index (κ3) is 5.73. The van der Waals surface area contributed by atoms with Gasteiger partial charge in [0.1, 0.15) is 23.7 Å². The highest BCUT2D eigenvalue weighted by molar-refractivity contribution is 6.31. The number of benzene rings is 2. The van der Waals surface area contributed by atoms with Crippen LogP contribution in [0.1, 0.15) is 43.6 Å². The van der Waals surface area contributed by atoms with Gasteiger partial charge in [-0.3, -0.25) is 4.79 Å². The summed E-state index contributed by atoms with van der Waals surface area (Å²) < 4.78 is 46.8. The number of hydrogen-bond acceptors (Lipinski definition) is 6. The maximum absolute atomic E-state index is 14.4. The van der Waals surface area contributed by atoms with Crippen LogP contribution in [0.25, 0.3) is 16.6 Å². The van der Waals surface area contributed by atoms with Gasteiger partial charge in [-0.15, -0.1) is 0 Å². The van der Waals surface area contributed by atoms with Crippen molar-refractivity contribution in [2.75, 3.05) is 6.61 Å². The summed E-state index contributed by atoms with van der Waals surface area (Å²) in [6, 6.07) is 9.10. The van der Waals surface area contributed by atoms with Crippen LogP contribution < -0.4 is 10.1 Å². The van der Waals surface area contributed by atoms with Crippen LogP contribution in [0, 0.1) is 18.6 Å². The molecule has 1 N–H and O–H groups in total. The third-order valence-corrected chi connectivity index (χ3v) is 6.74. The zero-order valence-electron chi connectivity index (χ0n) is 21.8. The molecule has 0 bridgehead atoms. The van der Waals surface area contributed by atoms with Crippen molar-refractivity contribution in [3.8, 4) is 11.4 Å². The second-order valence-electron chi connectivity index (χ2n) is 9.83. The van der Waals surface area contributed by atoms with Crippen LogP contribution in [-0.2, 0) is 20.9 Å². The van der Waals surface area contributed by atoms with E-state index in [1.807, 2.05) is 13.0 Å². The fraction of sp³-hybridized carbons (Fsp3) is 0.321. The maximum Gasteiger partial charge on any atom is 0.252 e. The van der Waals surface area contributed by atoms with Crippen LogP contribution in [0.5, 0.6) is 5.75 Å². The number of aryl methyl sites for hydroxylation is 1. The monoisotopic (exact) mass is 556 g/mol. The molecule has 3 heterocycles. The van der Waals surface area contributed by atoms with E-state index in [9.17, 15) is 13.6 Å². The number of halogens is 3. The predicted octanol–water partition coefficient (Wildman–Crippen LogP) is 5.57. The molecule has 1 amide bonds. The molecule has 0 saturated carbocycles. The zero-order valence-corrected chi connectivity index (χ0v) is 22.6. The average molecular weight is 557 g/mol. The Bertz CT molecular complexity index is 1560. The standard InChI is InChI=1S/C28H27ClF2N4O4/c1-15-8-23(35-12-18(31)11-32-35)19-6-5-7-24(26(19)33-15)37-13-21-20(9-17(30)10-22(21)29)16(2)34-27(36)25-14-38-28(3,4)39-25/h5-12,16,25H,13-14H2,1-4H3,(H,34,36)/t16?,25-/m0/s1. The first kappa shape index (κ1) is 27.0. The lowest BCUT2D eigenvalue weighted by Gasteiger charge is -2.22. The van der Waals surface area contributed by atoms with Gasteiger partial charge in [-0.2, -0.15) is 5.10 Å². The summed E-state index contributed by atoms with van der Waals surface area (Å²) in [5.74, 6) is -1.79. The summed E-state index contributed by atoms with van der Waals surface area (Å²) in [5.41, 5.74) is 2.84. The van der Waals surface area contributed by atoms with Crippen LogP contribution in [0.3, 0.4) is 0 Å². The molecule has 4 aromatic rings. The number of ether oxygens (including phenoxy) is 3. The summed E-state index contributed by atoms with van der Waals surface area (Å²) in [6.07, 6.45) is 1.63. The Hall–Kier alpha value is -3.60. The van der Waals surface area contributed by atoms with E-state index in [2.05, 4.69) is 15.4 Å². The largest absolute Gasteiger partial charge is 0.487 e. The van der Waals surface area contributed by atoms with E-state index in [0.717, 1.165) is 6.20 Å². The highest BCUT2D eigenvalue weighted by atomic mass is 35.5. The van der Waals surface area contributed by atoms with Gasteiger partial charge in [0.25, 0.3) is 5.91 Å². The zero-order chi connectivity index (χ0) is 27.9. The summed E-state index contributed by atoms with van der Waals surface area (Å²) in [7, 11) is 0. The average Bonchev–Trinajstić information content (AvgIpc) is 3.47. The van der Waals surface area contributed by atoms with E-state index in [4.69, 9.17) is 25.8 Å². The number of hydrogen-bond donors (Lipinski definition) is 1. The third-order valence-electron chi connectivity index (χ3n) is 6.40. The Morgan fingerprint density at radius 3 is 2.77 bits per heavy atom. The number of para-hydroxylation sites is 1. The number of carbonyl (C=O) groups is 1. The van der Waals surface area contributed by atoms with Gasteiger partial charge in [-0.1, -0.05) is 23.7 Å². The van der Waals surface area contributed by atoms with Crippen LogP contribution in [0.2, 0.25) is 5.02 Å². The van der Waals surface area contributed by atoms with Gasteiger partial charge in [0.2, 0.25) is 0 Å². The molecule has 1 saturated heterocycles. The van der Waals surface area contributed by atoms with Crippen molar-refractivity contribution in [2.45, 2.75) is 52.2 Å². The van der Waals surface area contributed by atoms with Crippen LogP contribution in [0.4, 0.5) is 8.78 Å². The predicted molar refractivity (Wildman–Crippen MR) is 141 cm³/mol. The highest BCUT2D eigenvalue weighted by Gasteiger charge is 2.37. The van der Waals surface area contributed by atoms with Gasteiger partial charge in [-0.05, 0) is 57.5 Å². The molecule has 204 valence electrons. The van der Waals surface area contributed by atoms with E-state index >= 15 is 0 Å². The number of pyridine rings is 1. The normalized spacial score (nSPS) is 17.4. The first-order valence-corrected chi connectivity index (χ1v) is 12.7. The summed E-state index contributed by atoms with van der Waals surface area (Å²) in [6.45, 7) is 7.10. The number of aromatic nitrogens is 3. The van der Waals surface area contributed by atoms with Crippen molar-refractivity contribution in [1.29, 1.82) is 0 Å². The minimum atomic E-state index is -0.858. The number of nitrogens with one attached hydrogen (secondary N) is 1. The van der Waals surface area contributed by atoms with Crippen molar-refractivity contribution in [3.63, 3.8) is 0 Å². The summed E-state index contributed by atoms with van der Waals surface area (Å²) >= 11 is 6.46. The van der Waals surface area contributed by atoms with Gasteiger partial charge >= 0.3 is 0 Å². The molecule has 1 unspecified atom stereocenters. The molecule has 1 fully saturated rings. The maximum atomic E-state index is 14.4. The van der Waals surface area contributed by atoms with Gasteiger partial charge in [0.15, 0.2) is 17.7 Å². The first-order chi connectivity index (χ1) is 18.5. The minimum Gasteiger partial charge on any atom is -0.487 e. The number of nitrogens with zero attached hydrogens (tertiary/aromatic N) is 3. The fourth-order valence-electron chi connectivity index (χ4n) is 4.58.